The molecule has 0 fully saturated rings. The Labute approximate surface area is 53.6 Å². The SMILES string of the molecule is CCCCN.[Mo]. The van der Waals surface area contributed by atoms with E-state index in [1.807, 2.05) is 0 Å². The monoisotopic (exact) mass is 171 g/mol. The molecule has 0 aliphatic rings. The first-order valence-electron chi connectivity index (χ1n) is 2.12. The van der Waals surface area contributed by atoms with Crippen molar-refractivity contribution in [3.8, 4) is 0 Å². The number of hydrogen-bond donors (Lipinski definition) is 1. The van der Waals surface area contributed by atoms with Gasteiger partial charge in [0, 0.05) is 21.1 Å². The first-order chi connectivity index (χ1) is 2.41. The number of unbranched alkanes of at least 4 members (excludes halogenated alkanes) is 1. The van der Waals surface area contributed by atoms with Gasteiger partial charge in [0.2, 0.25) is 0 Å². The molecule has 0 aromatic carbocycles. The van der Waals surface area contributed by atoms with Gasteiger partial charge in [-0.1, -0.05) is 13.3 Å². The van der Waals surface area contributed by atoms with Crippen molar-refractivity contribution in [3.05, 3.63) is 0 Å². The molecule has 0 spiro atoms. The van der Waals surface area contributed by atoms with Gasteiger partial charge in [0.05, 0.1) is 0 Å². The molecule has 6 heavy (non-hydrogen) atoms. The van der Waals surface area contributed by atoms with E-state index < -0.39 is 0 Å². The normalized spacial score (nSPS) is 7.00. The van der Waals surface area contributed by atoms with Gasteiger partial charge in [0.1, 0.15) is 0 Å². The standard InChI is InChI=1S/C4H11N.Mo/c1-2-3-4-5;/h2-5H2,1H3;. The van der Waals surface area contributed by atoms with Crippen molar-refractivity contribution in [3.63, 3.8) is 0 Å². The van der Waals surface area contributed by atoms with Gasteiger partial charge in [0.15, 0.2) is 0 Å². The van der Waals surface area contributed by atoms with Crippen molar-refractivity contribution in [2.24, 2.45) is 5.73 Å². The Morgan fingerprint density at radius 3 is 2.00 bits per heavy atom. The van der Waals surface area contributed by atoms with Gasteiger partial charge >= 0.3 is 0 Å². The van der Waals surface area contributed by atoms with E-state index >= 15 is 0 Å². The van der Waals surface area contributed by atoms with Crippen LogP contribution in [0, 0.1) is 0 Å². The second-order valence-corrected chi connectivity index (χ2v) is 1.14. The van der Waals surface area contributed by atoms with Gasteiger partial charge in [-0.2, -0.15) is 0 Å². The van der Waals surface area contributed by atoms with Gasteiger partial charge in [0.25, 0.3) is 0 Å². The average molecular weight is 169 g/mol. The van der Waals surface area contributed by atoms with Crippen LogP contribution in [0.1, 0.15) is 19.8 Å². The molecule has 0 aliphatic carbocycles. The smallest absolute Gasteiger partial charge is 0 e. The first kappa shape index (κ1) is 9.82. The van der Waals surface area contributed by atoms with Crippen molar-refractivity contribution in [2.75, 3.05) is 6.54 Å². The van der Waals surface area contributed by atoms with Crippen LogP contribution in [-0.2, 0) is 21.1 Å². The molecule has 0 rings (SSSR count). The van der Waals surface area contributed by atoms with E-state index in [4.69, 9.17) is 5.73 Å². The minimum absolute atomic E-state index is 0. The van der Waals surface area contributed by atoms with E-state index in [1.165, 1.54) is 12.8 Å². The van der Waals surface area contributed by atoms with Crippen molar-refractivity contribution in [2.45, 2.75) is 19.8 Å². The Morgan fingerprint density at radius 2 is 2.00 bits per heavy atom. The second-order valence-electron chi connectivity index (χ2n) is 1.14. The molecule has 0 amide bonds. The van der Waals surface area contributed by atoms with Crippen LogP contribution in [0.2, 0.25) is 0 Å². The molecule has 0 aromatic heterocycles. The van der Waals surface area contributed by atoms with E-state index in [0.717, 1.165) is 6.54 Å². The van der Waals surface area contributed by atoms with Crippen LogP contribution < -0.4 is 5.73 Å². The van der Waals surface area contributed by atoms with Crippen LogP contribution in [-0.4, -0.2) is 6.54 Å². The molecule has 1 nitrogen and oxygen atoms in total. The molecule has 0 aliphatic heterocycles. The summed E-state index contributed by atoms with van der Waals surface area (Å²) in [5.41, 5.74) is 5.14. The predicted molar refractivity (Wildman–Crippen MR) is 24.0 cm³/mol. The molecule has 0 unspecified atom stereocenters. The zero-order chi connectivity index (χ0) is 4.12. The van der Waals surface area contributed by atoms with Crippen LogP contribution in [0.3, 0.4) is 0 Å². The van der Waals surface area contributed by atoms with Crippen molar-refractivity contribution >= 4 is 0 Å². The van der Waals surface area contributed by atoms with E-state index in [2.05, 4.69) is 6.92 Å². The summed E-state index contributed by atoms with van der Waals surface area (Å²) < 4.78 is 0. The van der Waals surface area contributed by atoms with Crippen LogP contribution >= 0.6 is 0 Å². The largest absolute Gasteiger partial charge is 0.330 e. The minimum atomic E-state index is 0. The van der Waals surface area contributed by atoms with Crippen molar-refractivity contribution in [1.82, 2.24) is 0 Å². The third-order valence-electron chi connectivity index (χ3n) is 0.558. The van der Waals surface area contributed by atoms with Gasteiger partial charge in [-0.25, -0.2) is 0 Å². The van der Waals surface area contributed by atoms with Crippen molar-refractivity contribution in [1.29, 1.82) is 0 Å². The van der Waals surface area contributed by atoms with Gasteiger partial charge < -0.3 is 5.73 Å². The summed E-state index contributed by atoms with van der Waals surface area (Å²) in [7, 11) is 0. The summed E-state index contributed by atoms with van der Waals surface area (Å²) in [5.74, 6) is 0. The molecule has 2 heteroatoms. The first-order valence-corrected chi connectivity index (χ1v) is 2.12. The second kappa shape index (κ2) is 9.17. The molecule has 0 radical (unpaired) electrons. The average Bonchev–Trinajstić information content (AvgIpc) is 1.41. The Kier molecular flexibility index (Phi) is 15.0. The fourth-order valence-electron chi connectivity index (χ4n) is 0.204. The zero-order valence-corrected chi connectivity index (χ0v) is 6.11. The molecule has 0 aromatic rings. The number of hydrogen-bond acceptors (Lipinski definition) is 1. The van der Waals surface area contributed by atoms with E-state index in [-0.39, 0.29) is 21.1 Å². The van der Waals surface area contributed by atoms with E-state index in [0.29, 0.717) is 0 Å². The molecule has 0 saturated carbocycles. The molecule has 0 saturated heterocycles. The van der Waals surface area contributed by atoms with Crippen LogP contribution in [0.4, 0.5) is 0 Å². The van der Waals surface area contributed by atoms with E-state index in [9.17, 15) is 0 Å². The summed E-state index contributed by atoms with van der Waals surface area (Å²) in [6, 6.07) is 0. The van der Waals surface area contributed by atoms with Crippen LogP contribution in [0.25, 0.3) is 0 Å². The van der Waals surface area contributed by atoms with Crippen molar-refractivity contribution < 1.29 is 21.1 Å². The van der Waals surface area contributed by atoms with Gasteiger partial charge in [-0.15, -0.1) is 0 Å². The minimum Gasteiger partial charge on any atom is -0.330 e. The summed E-state index contributed by atoms with van der Waals surface area (Å²) in [6.45, 7) is 2.98. The summed E-state index contributed by atoms with van der Waals surface area (Å²) in [5, 5.41) is 0. The molecule has 2 N–H and O–H groups in total. The third kappa shape index (κ3) is 8.82. The summed E-state index contributed by atoms with van der Waals surface area (Å²) >= 11 is 0. The third-order valence-corrected chi connectivity index (χ3v) is 0.558. The maximum atomic E-state index is 5.14. The molecular weight excluding hydrogens is 158 g/mol. The molecule has 0 atom stereocenters. The quantitative estimate of drug-likeness (QED) is 0.606. The number of nitrogens with two attached hydrogens (primary N) is 1. The van der Waals surface area contributed by atoms with Crippen LogP contribution in [0.15, 0.2) is 0 Å². The Morgan fingerprint density at radius 1 is 1.50 bits per heavy atom. The Balaban J connectivity index is 0. The molecule has 38 valence electrons. The zero-order valence-electron chi connectivity index (χ0n) is 4.11. The summed E-state index contributed by atoms with van der Waals surface area (Å²) in [6.07, 6.45) is 2.39. The molecule has 0 heterocycles. The molecular formula is C4H11MoN. The Hall–Kier alpha value is 0.648. The maximum absolute atomic E-state index is 5.14. The number of rotatable bonds is 2. The Bertz CT molecular complexity index is 15.0. The fraction of sp³-hybridized carbons (Fsp3) is 1.00. The fourth-order valence-corrected chi connectivity index (χ4v) is 0.204. The predicted octanol–water partition coefficient (Wildman–Crippen LogP) is 0.743. The van der Waals surface area contributed by atoms with Gasteiger partial charge in [-0.3, -0.25) is 0 Å². The maximum Gasteiger partial charge on any atom is 0 e. The molecule has 0 bridgehead atoms. The summed E-state index contributed by atoms with van der Waals surface area (Å²) in [4.78, 5) is 0. The van der Waals surface area contributed by atoms with E-state index in [1.54, 1.807) is 0 Å². The van der Waals surface area contributed by atoms with Gasteiger partial charge in [-0.05, 0) is 13.0 Å². The van der Waals surface area contributed by atoms with Crippen LogP contribution in [0.5, 0.6) is 0 Å². The topological polar surface area (TPSA) is 26.0 Å².